The zero-order valence-electron chi connectivity index (χ0n) is 13.6. The maximum atomic E-state index is 12.8. The van der Waals surface area contributed by atoms with E-state index in [4.69, 9.17) is 4.74 Å². The third kappa shape index (κ3) is 2.57. The third-order valence-electron chi connectivity index (χ3n) is 5.22. The smallest absolute Gasteiger partial charge is 0.324 e. The van der Waals surface area contributed by atoms with Crippen molar-refractivity contribution in [2.45, 2.75) is 30.9 Å². The van der Waals surface area contributed by atoms with Gasteiger partial charge in [-0.05, 0) is 36.6 Å². The molecule has 2 aromatic carbocycles. The van der Waals surface area contributed by atoms with E-state index in [-0.39, 0.29) is 17.4 Å². The first kappa shape index (κ1) is 15.2. The van der Waals surface area contributed by atoms with Gasteiger partial charge < -0.3 is 15.4 Å². The van der Waals surface area contributed by atoms with E-state index in [1.807, 2.05) is 36.4 Å². The molecule has 2 aliphatic heterocycles. The average Bonchev–Trinajstić information content (AvgIpc) is 3.00. The van der Waals surface area contributed by atoms with Crippen LogP contribution in [0.15, 0.2) is 54.6 Å². The Kier molecular flexibility index (Phi) is 3.98. The van der Waals surface area contributed by atoms with E-state index in [9.17, 15) is 4.79 Å². The first-order valence-corrected chi connectivity index (χ1v) is 8.57. The quantitative estimate of drug-likeness (QED) is 0.853. The van der Waals surface area contributed by atoms with E-state index in [2.05, 4.69) is 28.8 Å². The van der Waals surface area contributed by atoms with E-state index in [1.165, 1.54) is 5.56 Å². The highest BCUT2D eigenvalue weighted by Gasteiger charge is 2.50. The molecule has 0 aromatic heterocycles. The van der Waals surface area contributed by atoms with Crippen LogP contribution in [0.1, 0.15) is 24.0 Å². The lowest BCUT2D eigenvalue weighted by Gasteiger charge is -2.40. The predicted octanol–water partition coefficient (Wildman–Crippen LogP) is 2.85. The summed E-state index contributed by atoms with van der Waals surface area (Å²) in [6.07, 6.45) is 2.06. The minimum absolute atomic E-state index is 0.156. The predicted molar refractivity (Wildman–Crippen MR) is 93.9 cm³/mol. The zero-order valence-corrected chi connectivity index (χ0v) is 13.6. The second kappa shape index (κ2) is 6.29. The number of esters is 1. The first-order chi connectivity index (χ1) is 11.8. The van der Waals surface area contributed by atoms with E-state index in [0.29, 0.717) is 6.61 Å². The summed E-state index contributed by atoms with van der Waals surface area (Å²) in [5.41, 5.74) is 3.18. The van der Waals surface area contributed by atoms with Crippen molar-refractivity contribution >= 4 is 11.7 Å². The number of ether oxygens (including phenoxy) is 1. The highest BCUT2D eigenvalue weighted by Crippen LogP contribution is 2.44. The summed E-state index contributed by atoms with van der Waals surface area (Å²) in [5.74, 6) is -0.156. The summed E-state index contributed by atoms with van der Waals surface area (Å²) >= 11 is 0. The van der Waals surface area contributed by atoms with Gasteiger partial charge in [0.25, 0.3) is 0 Å². The number of fused-ring (bicyclic) bond motifs is 2. The molecule has 0 aliphatic carbocycles. The zero-order chi connectivity index (χ0) is 16.4. The summed E-state index contributed by atoms with van der Waals surface area (Å²) in [5, 5.41) is 6.89. The Morgan fingerprint density at radius 1 is 1.12 bits per heavy atom. The number of para-hydroxylation sites is 1. The molecule has 2 aliphatic rings. The normalized spacial score (nSPS) is 25.1. The third-order valence-corrected chi connectivity index (χ3v) is 5.22. The van der Waals surface area contributed by atoms with Gasteiger partial charge in [-0.1, -0.05) is 48.5 Å². The molecule has 0 bridgehead atoms. The fraction of sp³-hybridized carbons (Fsp3) is 0.350. The van der Waals surface area contributed by atoms with Gasteiger partial charge in [0.1, 0.15) is 12.6 Å². The van der Waals surface area contributed by atoms with Crippen molar-refractivity contribution in [2.75, 3.05) is 18.4 Å². The molecule has 0 radical (unpaired) electrons. The number of hydrogen-bond acceptors (Lipinski definition) is 4. The number of anilines is 1. The molecule has 124 valence electrons. The number of carbonyl (C=O) groups excluding carboxylic acids is 1. The number of piperidine rings is 1. The van der Waals surface area contributed by atoms with E-state index in [0.717, 1.165) is 37.2 Å². The maximum Gasteiger partial charge on any atom is 0.324 e. The lowest BCUT2D eigenvalue weighted by atomic mass is 9.70. The maximum absolute atomic E-state index is 12.8. The van der Waals surface area contributed by atoms with Gasteiger partial charge in [0.05, 0.1) is 0 Å². The monoisotopic (exact) mass is 322 g/mol. The van der Waals surface area contributed by atoms with Crippen LogP contribution in [0.4, 0.5) is 5.69 Å². The molecule has 2 unspecified atom stereocenters. The second-order valence-corrected chi connectivity index (χ2v) is 6.64. The first-order valence-electron chi connectivity index (χ1n) is 8.57. The van der Waals surface area contributed by atoms with Gasteiger partial charge in [-0.15, -0.1) is 0 Å². The minimum Gasteiger partial charge on any atom is -0.460 e. The van der Waals surface area contributed by atoms with Crippen LogP contribution < -0.4 is 10.6 Å². The largest absolute Gasteiger partial charge is 0.460 e. The Labute approximate surface area is 142 Å². The van der Waals surface area contributed by atoms with Crippen LogP contribution in [0.25, 0.3) is 0 Å². The summed E-state index contributed by atoms with van der Waals surface area (Å²) in [7, 11) is 0. The van der Waals surface area contributed by atoms with Crippen molar-refractivity contribution in [1.29, 1.82) is 0 Å². The van der Waals surface area contributed by atoms with Crippen LogP contribution in [0.3, 0.4) is 0 Å². The van der Waals surface area contributed by atoms with Crippen LogP contribution in [0.5, 0.6) is 0 Å². The molecule has 24 heavy (non-hydrogen) atoms. The van der Waals surface area contributed by atoms with Crippen molar-refractivity contribution in [3.05, 3.63) is 65.7 Å². The summed E-state index contributed by atoms with van der Waals surface area (Å²) in [6.45, 7) is 1.96. The number of hydrogen-bond donors (Lipinski definition) is 2. The lowest BCUT2D eigenvalue weighted by Crippen LogP contribution is -2.58. The van der Waals surface area contributed by atoms with Crippen LogP contribution >= 0.6 is 0 Å². The molecule has 1 fully saturated rings. The van der Waals surface area contributed by atoms with Gasteiger partial charge >= 0.3 is 5.97 Å². The van der Waals surface area contributed by atoms with Gasteiger partial charge in [0, 0.05) is 17.6 Å². The van der Waals surface area contributed by atoms with Crippen LogP contribution in [-0.4, -0.2) is 25.1 Å². The number of benzene rings is 2. The summed E-state index contributed by atoms with van der Waals surface area (Å²) in [4.78, 5) is 12.8. The molecule has 2 heterocycles. The average molecular weight is 322 g/mol. The van der Waals surface area contributed by atoms with E-state index < -0.39 is 0 Å². The molecule has 1 spiro atoms. The number of carbonyl (C=O) groups is 1. The SMILES string of the molecule is O=C(OCc1ccccc1)C1NCCCC12CNc1ccccc12. The molecule has 2 N–H and O–H groups in total. The highest BCUT2D eigenvalue weighted by atomic mass is 16.5. The fourth-order valence-electron chi connectivity index (χ4n) is 4.01. The van der Waals surface area contributed by atoms with Gasteiger partial charge in [0.2, 0.25) is 0 Å². The van der Waals surface area contributed by atoms with E-state index >= 15 is 0 Å². The molecule has 4 rings (SSSR count). The van der Waals surface area contributed by atoms with Crippen molar-refractivity contribution in [3.8, 4) is 0 Å². The molecule has 1 saturated heterocycles. The van der Waals surface area contributed by atoms with Crippen molar-refractivity contribution in [2.24, 2.45) is 0 Å². The summed E-state index contributed by atoms with van der Waals surface area (Å²) < 4.78 is 5.64. The van der Waals surface area contributed by atoms with Crippen LogP contribution in [0.2, 0.25) is 0 Å². The standard InChI is InChI=1S/C20H22N2O2/c23-19(24-13-15-7-2-1-3-8-15)18-20(11-6-12-21-18)14-22-17-10-5-4-9-16(17)20/h1-5,7-10,18,21-22H,6,11-14H2. The van der Waals surface area contributed by atoms with Gasteiger partial charge in [-0.2, -0.15) is 0 Å². The molecule has 2 atom stereocenters. The molecule has 0 saturated carbocycles. The van der Waals surface area contributed by atoms with Gasteiger partial charge in [-0.3, -0.25) is 4.79 Å². The molecule has 0 amide bonds. The number of nitrogens with one attached hydrogen (secondary N) is 2. The lowest BCUT2D eigenvalue weighted by molar-refractivity contribution is -0.150. The summed E-state index contributed by atoms with van der Waals surface area (Å²) in [6, 6.07) is 17.8. The second-order valence-electron chi connectivity index (χ2n) is 6.64. The molecular weight excluding hydrogens is 300 g/mol. The van der Waals surface area contributed by atoms with Crippen molar-refractivity contribution in [1.82, 2.24) is 5.32 Å². The molecule has 4 nitrogen and oxygen atoms in total. The Morgan fingerprint density at radius 2 is 1.92 bits per heavy atom. The van der Waals surface area contributed by atoms with Gasteiger partial charge in [0.15, 0.2) is 0 Å². The Balaban J connectivity index is 1.56. The molecule has 4 heteroatoms. The Bertz CT molecular complexity index is 727. The fourth-order valence-corrected chi connectivity index (χ4v) is 4.01. The Hall–Kier alpha value is -2.33. The van der Waals surface area contributed by atoms with Gasteiger partial charge in [-0.25, -0.2) is 0 Å². The topological polar surface area (TPSA) is 50.4 Å². The van der Waals surface area contributed by atoms with E-state index in [1.54, 1.807) is 0 Å². The highest BCUT2D eigenvalue weighted by molar-refractivity contribution is 5.81. The molecular formula is C20H22N2O2. The van der Waals surface area contributed by atoms with Crippen molar-refractivity contribution < 1.29 is 9.53 Å². The number of rotatable bonds is 3. The van der Waals surface area contributed by atoms with Crippen LogP contribution in [0, 0.1) is 0 Å². The Morgan fingerprint density at radius 3 is 2.79 bits per heavy atom. The minimum atomic E-state index is -0.300. The van der Waals surface area contributed by atoms with Crippen LogP contribution in [-0.2, 0) is 21.6 Å². The van der Waals surface area contributed by atoms with Crippen molar-refractivity contribution in [3.63, 3.8) is 0 Å². The molecule has 2 aromatic rings.